The molecule has 2 rings (SSSR count). The molecule has 0 bridgehead atoms. The number of piperazine rings is 1. The van der Waals surface area contributed by atoms with E-state index in [0.717, 1.165) is 32.1 Å². The lowest BCUT2D eigenvalue weighted by atomic mass is 9.95. The molecule has 0 aromatic rings. The van der Waals surface area contributed by atoms with Gasteiger partial charge in [0.25, 0.3) is 0 Å². The van der Waals surface area contributed by atoms with Gasteiger partial charge in [-0.3, -0.25) is 9.69 Å². The van der Waals surface area contributed by atoms with Crippen LogP contribution in [-0.2, 0) is 4.79 Å². The smallest absolute Gasteiger partial charge is 0.238 e. The summed E-state index contributed by atoms with van der Waals surface area (Å²) >= 11 is 0. The molecule has 2 aliphatic rings. The standard InChI is InChI=1S/C17H33N3O/c1-3-6-14-7-5-8-15(10-9-14)20-12-11-18-13-16(20)17(21)19-4-2/h14-16,18H,3-13H2,1-2H3,(H,19,21). The van der Waals surface area contributed by atoms with Crippen LogP contribution in [0.15, 0.2) is 0 Å². The van der Waals surface area contributed by atoms with Gasteiger partial charge in [-0.15, -0.1) is 0 Å². The fraction of sp³-hybridized carbons (Fsp3) is 0.941. The van der Waals surface area contributed by atoms with Crippen LogP contribution in [0.1, 0.15) is 58.8 Å². The number of amides is 1. The van der Waals surface area contributed by atoms with Crippen molar-refractivity contribution in [2.45, 2.75) is 70.9 Å². The number of nitrogens with one attached hydrogen (secondary N) is 2. The van der Waals surface area contributed by atoms with Gasteiger partial charge in [-0.1, -0.05) is 32.6 Å². The van der Waals surface area contributed by atoms with Gasteiger partial charge in [-0.2, -0.15) is 0 Å². The maximum absolute atomic E-state index is 12.3. The molecule has 3 unspecified atom stereocenters. The topological polar surface area (TPSA) is 44.4 Å². The van der Waals surface area contributed by atoms with Crippen LogP contribution in [-0.4, -0.2) is 49.1 Å². The highest BCUT2D eigenvalue weighted by atomic mass is 16.2. The Kier molecular flexibility index (Phi) is 6.97. The van der Waals surface area contributed by atoms with E-state index >= 15 is 0 Å². The van der Waals surface area contributed by atoms with Crippen molar-refractivity contribution in [1.29, 1.82) is 0 Å². The van der Waals surface area contributed by atoms with E-state index in [1.807, 2.05) is 6.92 Å². The van der Waals surface area contributed by atoms with Crippen molar-refractivity contribution in [2.24, 2.45) is 5.92 Å². The highest BCUT2D eigenvalue weighted by Crippen LogP contribution is 2.30. The maximum atomic E-state index is 12.3. The third kappa shape index (κ3) is 4.68. The molecule has 0 radical (unpaired) electrons. The Balaban J connectivity index is 1.95. The number of rotatable bonds is 5. The number of carbonyl (C=O) groups excluding carboxylic acids is 1. The predicted octanol–water partition coefficient (Wildman–Crippen LogP) is 2.15. The summed E-state index contributed by atoms with van der Waals surface area (Å²) in [6.07, 6.45) is 9.32. The summed E-state index contributed by atoms with van der Waals surface area (Å²) in [5, 5.41) is 6.39. The van der Waals surface area contributed by atoms with Crippen molar-refractivity contribution < 1.29 is 4.79 Å². The molecule has 1 heterocycles. The summed E-state index contributed by atoms with van der Waals surface area (Å²) in [6.45, 7) is 7.87. The molecule has 0 aromatic carbocycles. The lowest BCUT2D eigenvalue weighted by Crippen LogP contribution is -2.60. The first kappa shape index (κ1) is 16.8. The van der Waals surface area contributed by atoms with E-state index in [9.17, 15) is 4.79 Å². The van der Waals surface area contributed by atoms with Crippen molar-refractivity contribution in [3.63, 3.8) is 0 Å². The van der Waals surface area contributed by atoms with Crippen LogP contribution >= 0.6 is 0 Å². The molecule has 4 heteroatoms. The minimum Gasteiger partial charge on any atom is -0.355 e. The van der Waals surface area contributed by atoms with Crippen molar-refractivity contribution >= 4 is 5.91 Å². The van der Waals surface area contributed by atoms with Gasteiger partial charge >= 0.3 is 0 Å². The number of likely N-dealkylation sites (N-methyl/N-ethyl adjacent to an activating group) is 1. The summed E-state index contributed by atoms with van der Waals surface area (Å²) in [7, 11) is 0. The second kappa shape index (κ2) is 8.74. The molecule has 2 N–H and O–H groups in total. The van der Waals surface area contributed by atoms with E-state index in [1.54, 1.807) is 0 Å². The number of carbonyl (C=O) groups is 1. The second-order valence-electron chi connectivity index (χ2n) is 6.67. The Morgan fingerprint density at radius 3 is 2.86 bits per heavy atom. The van der Waals surface area contributed by atoms with E-state index in [-0.39, 0.29) is 11.9 Å². The van der Waals surface area contributed by atoms with Crippen LogP contribution in [0.25, 0.3) is 0 Å². The van der Waals surface area contributed by atoms with E-state index in [0.29, 0.717) is 6.04 Å². The van der Waals surface area contributed by atoms with Gasteiger partial charge in [0.2, 0.25) is 5.91 Å². The highest BCUT2D eigenvalue weighted by Gasteiger charge is 2.34. The van der Waals surface area contributed by atoms with Crippen LogP contribution in [0.4, 0.5) is 0 Å². The fourth-order valence-electron chi connectivity index (χ4n) is 4.08. The summed E-state index contributed by atoms with van der Waals surface area (Å²) in [5.41, 5.74) is 0. The zero-order chi connectivity index (χ0) is 15.1. The van der Waals surface area contributed by atoms with Gasteiger partial charge in [0.05, 0.1) is 0 Å². The molecule has 1 amide bonds. The molecular weight excluding hydrogens is 262 g/mol. The average Bonchev–Trinajstić information content (AvgIpc) is 2.73. The zero-order valence-corrected chi connectivity index (χ0v) is 13.9. The van der Waals surface area contributed by atoms with Crippen molar-refractivity contribution in [3.8, 4) is 0 Å². The van der Waals surface area contributed by atoms with Crippen LogP contribution in [0, 0.1) is 5.92 Å². The number of nitrogens with zero attached hydrogens (tertiary/aromatic N) is 1. The largest absolute Gasteiger partial charge is 0.355 e. The van der Waals surface area contributed by atoms with Crippen molar-refractivity contribution in [3.05, 3.63) is 0 Å². The number of hydrogen-bond donors (Lipinski definition) is 2. The molecule has 122 valence electrons. The lowest BCUT2D eigenvalue weighted by Gasteiger charge is -2.40. The van der Waals surface area contributed by atoms with Crippen LogP contribution in [0.3, 0.4) is 0 Å². The van der Waals surface area contributed by atoms with Gasteiger partial charge in [-0.05, 0) is 32.1 Å². The third-order valence-corrected chi connectivity index (χ3v) is 5.16. The Bertz CT molecular complexity index is 321. The van der Waals surface area contributed by atoms with Gasteiger partial charge in [-0.25, -0.2) is 0 Å². The number of hydrogen-bond acceptors (Lipinski definition) is 3. The normalized spacial score (nSPS) is 31.6. The van der Waals surface area contributed by atoms with Crippen LogP contribution in [0.5, 0.6) is 0 Å². The molecule has 1 saturated carbocycles. The molecule has 0 aromatic heterocycles. The fourth-order valence-corrected chi connectivity index (χ4v) is 4.08. The molecule has 3 atom stereocenters. The molecule has 4 nitrogen and oxygen atoms in total. The van der Waals surface area contributed by atoms with Crippen LogP contribution in [0.2, 0.25) is 0 Å². The van der Waals surface area contributed by atoms with E-state index in [2.05, 4.69) is 22.5 Å². The molecule has 21 heavy (non-hydrogen) atoms. The first-order valence-corrected chi connectivity index (χ1v) is 9.00. The minimum atomic E-state index is 0.0337. The lowest BCUT2D eigenvalue weighted by molar-refractivity contribution is -0.128. The monoisotopic (exact) mass is 295 g/mol. The molecule has 1 aliphatic carbocycles. The molecule has 1 aliphatic heterocycles. The van der Waals surface area contributed by atoms with Gasteiger partial charge in [0.1, 0.15) is 6.04 Å². The van der Waals surface area contributed by atoms with E-state index in [4.69, 9.17) is 0 Å². The molecule has 1 saturated heterocycles. The molecular formula is C17H33N3O. The summed E-state index contributed by atoms with van der Waals surface area (Å²) < 4.78 is 0. The Morgan fingerprint density at radius 2 is 2.10 bits per heavy atom. The SMILES string of the molecule is CCCC1CCCC(N2CCNCC2C(=O)NCC)CC1. The zero-order valence-electron chi connectivity index (χ0n) is 13.9. The first-order valence-electron chi connectivity index (χ1n) is 9.00. The predicted molar refractivity (Wildman–Crippen MR) is 87.3 cm³/mol. The Labute approximate surface area is 130 Å². The third-order valence-electron chi connectivity index (χ3n) is 5.16. The van der Waals surface area contributed by atoms with Crippen LogP contribution < -0.4 is 10.6 Å². The van der Waals surface area contributed by atoms with Crippen molar-refractivity contribution in [1.82, 2.24) is 15.5 Å². The second-order valence-corrected chi connectivity index (χ2v) is 6.67. The minimum absolute atomic E-state index is 0.0337. The average molecular weight is 295 g/mol. The van der Waals surface area contributed by atoms with Gasteiger partial charge in [0.15, 0.2) is 0 Å². The van der Waals surface area contributed by atoms with E-state index in [1.165, 1.54) is 44.9 Å². The summed E-state index contributed by atoms with van der Waals surface area (Å²) in [6, 6.07) is 0.646. The van der Waals surface area contributed by atoms with Crippen molar-refractivity contribution in [2.75, 3.05) is 26.2 Å². The Morgan fingerprint density at radius 1 is 1.24 bits per heavy atom. The summed E-state index contributed by atoms with van der Waals surface area (Å²) in [4.78, 5) is 14.8. The van der Waals surface area contributed by atoms with Gasteiger partial charge in [0, 0.05) is 32.2 Å². The van der Waals surface area contributed by atoms with Gasteiger partial charge < -0.3 is 10.6 Å². The first-order chi connectivity index (χ1) is 10.3. The maximum Gasteiger partial charge on any atom is 0.238 e. The quantitative estimate of drug-likeness (QED) is 0.764. The summed E-state index contributed by atoms with van der Waals surface area (Å²) in [5.74, 6) is 1.13. The molecule has 0 spiro atoms. The highest BCUT2D eigenvalue weighted by molar-refractivity contribution is 5.82. The molecule has 2 fully saturated rings. The van der Waals surface area contributed by atoms with E-state index < -0.39 is 0 Å². The Hall–Kier alpha value is -0.610.